The first-order valence-electron chi connectivity index (χ1n) is 8.30. The van der Waals surface area contributed by atoms with Gasteiger partial charge in [-0.25, -0.2) is 9.97 Å². The van der Waals surface area contributed by atoms with Crippen molar-refractivity contribution in [3.8, 4) is 0 Å². The Kier molecular flexibility index (Phi) is 6.93. The maximum atomic E-state index is 4.84. The van der Waals surface area contributed by atoms with E-state index in [1.807, 2.05) is 7.05 Å². The van der Waals surface area contributed by atoms with Crippen molar-refractivity contribution < 1.29 is 0 Å². The number of hydrogen-bond acceptors (Lipinski definition) is 4. The zero-order chi connectivity index (χ0) is 16.0. The van der Waals surface area contributed by atoms with Gasteiger partial charge in [-0.05, 0) is 25.7 Å². The molecule has 1 heterocycles. The molecule has 4 nitrogen and oxygen atoms in total. The Morgan fingerprint density at radius 1 is 1.10 bits per heavy atom. The highest BCUT2D eigenvalue weighted by molar-refractivity contribution is 5.59. The first-order chi connectivity index (χ1) is 9.98. The van der Waals surface area contributed by atoms with E-state index in [0.29, 0.717) is 12.0 Å². The normalized spacial score (nSPS) is 11.3. The van der Waals surface area contributed by atoms with Crippen molar-refractivity contribution in [3.05, 3.63) is 11.4 Å². The third-order valence-electron chi connectivity index (χ3n) is 3.94. The predicted octanol–water partition coefficient (Wildman–Crippen LogP) is 4.04. The van der Waals surface area contributed by atoms with Crippen LogP contribution in [0.15, 0.2) is 0 Å². The smallest absolute Gasteiger partial charge is 0.137 e. The lowest BCUT2D eigenvalue weighted by molar-refractivity contribution is 0.501. The average molecular weight is 292 g/mol. The van der Waals surface area contributed by atoms with E-state index in [-0.39, 0.29) is 0 Å². The minimum atomic E-state index is 0.537. The van der Waals surface area contributed by atoms with Crippen molar-refractivity contribution in [2.24, 2.45) is 5.92 Å². The SMILES string of the molecule is CCc1nc(NC)c(C)c(N(CC(C)C)C(CC)CC)n1. The number of aromatic nitrogens is 2. The Morgan fingerprint density at radius 2 is 1.71 bits per heavy atom. The molecular formula is C17H32N4. The van der Waals surface area contributed by atoms with E-state index in [0.717, 1.165) is 48.8 Å². The van der Waals surface area contributed by atoms with Gasteiger partial charge in [0.2, 0.25) is 0 Å². The summed E-state index contributed by atoms with van der Waals surface area (Å²) in [7, 11) is 1.93. The molecule has 0 radical (unpaired) electrons. The molecule has 4 heteroatoms. The van der Waals surface area contributed by atoms with Crippen LogP contribution in [0.5, 0.6) is 0 Å². The van der Waals surface area contributed by atoms with Crippen LogP contribution in [0.4, 0.5) is 11.6 Å². The van der Waals surface area contributed by atoms with Crippen LogP contribution in [0.2, 0.25) is 0 Å². The quantitative estimate of drug-likeness (QED) is 0.785. The molecule has 0 saturated carbocycles. The third-order valence-corrected chi connectivity index (χ3v) is 3.94. The summed E-state index contributed by atoms with van der Waals surface area (Å²) in [5.41, 5.74) is 1.15. The lowest BCUT2D eigenvalue weighted by atomic mass is 10.1. The number of nitrogens with one attached hydrogen (secondary N) is 1. The largest absolute Gasteiger partial charge is 0.373 e. The summed E-state index contributed by atoms with van der Waals surface area (Å²) in [5.74, 6) is 3.59. The summed E-state index contributed by atoms with van der Waals surface area (Å²) >= 11 is 0. The lowest BCUT2D eigenvalue weighted by Gasteiger charge is -2.34. The number of rotatable bonds is 8. The molecule has 1 aromatic rings. The van der Waals surface area contributed by atoms with E-state index in [2.05, 4.69) is 56.7 Å². The van der Waals surface area contributed by atoms with Gasteiger partial charge in [-0.1, -0.05) is 34.6 Å². The van der Waals surface area contributed by atoms with Crippen LogP contribution in [-0.2, 0) is 6.42 Å². The van der Waals surface area contributed by atoms with E-state index >= 15 is 0 Å². The number of nitrogens with zero attached hydrogens (tertiary/aromatic N) is 3. The Balaban J connectivity index is 3.34. The van der Waals surface area contributed by atoms with Gasteiger partial charge in [0.05, 0.1) is 0 Å². The summed E-state index contributed by atoms with van der Waals surface area (Å²) < 4.78 is 0. The van der Waals surface area contributed by atoms with Gasteiger partial charge in [-0.15, -0.1) is 0 Å². The predicted molar refractivity (Wildman–Crippen MR) is 92.2 cm³/mol. The summed E-state index contributed by atoms with van der Waals surface area (Å²) in [6.07, 6.45) is 3.15. The fraction of sp³-hybridized carbons (Fsp3) is 0.765. The van der Waals surface area contributed by atoms with Crippen molar-refractivity contribution >= 4 is 11.6 Å². The second kappa shape index (κ2) is 8.20. The molecule has 1 N–H and O–H groups in total. The van der Waals surface area contributed by atoms with E-state index < -0.39 is 0 Å². The van der Waals surface area contributed by atoms with Gasteiger partial charge in [-0.2, -0.15) is 0 Å². The first kappa shape index (κ1) is 17.7. The summed E-state index contributed by atoms with van der Waals surface area (Å²) in [6, 6.07) is 0.537. The summed E-state index contributed by atoms with van der Waals surface area (Å²) in [5, 5.41) is 3.22. The Morgan fingerprint density at radius 3 is 2.14 bits per heavy atom. The molecule has 0 saturated heterocycles. The second-order valence-electron chi connectivity index (χ2n) is 6.06. The zero-order valence-corrected chi connectivity index (χ0v) is 14.8. The van der Waals surface area contributed by atoms with Crippen LogP contribution in [0, 0.1) is 12.8 Å². The Labute approximate surface area is 130 Å². The molecule has 0 aromatic carbocycles. The van der Waals surface area contributed by atoms with Crippen molar-refractivity contribution in [3.63, 3.8) is 0 Å². The van der Waals surface area contributed by atoms with Gasteiger partial charge >= 0.3 is 0 Å². The lowest BCUT2D eigenvalue weighted by Crippen LogP contribution is -2.38. The van der Waals surface area contributed by atoms with Gasteiger partial charge in [0.25, 0.3) is 0 Å². The molecule has 0 unspecified atom stereocenters. The molecule has 0 spiro atoms. The van der Waals surface area contributed by atoms with Crippen molar-refractivity contribution in [1.29, 1.82) is 0 Å². The topological polar surface area (TPSA) is 41.1 Å². The maximum Gasteiger partial charge on any atom is 0.137 e. The van der Waals surface area contributed by atoms with E-state index in [1.54, 1.807) is 0 Å². The van der Waals surface area contributed by atoms with Crippen LogP contribution in [-0.4, -0.2) is 29.6 Å². The zero-order valence-electron chi connectivity index (χ0n) is 14.8. The monoisotopic (exact) mass is 292 g/mol. The Hall–Kier alpha value is -1.32. The van der Waals surface area contributed by atoms with Crippen molar-refractivity contribution in [2.45, 2.75) is 66.8 Å². The molecule has 0 aliphatic carbocycles. The van der Waals surface area contributed by atoms with Crippen LogP contribution in [0.3, 0.4) is 0 Å². The molecular weight excluding hydrogens is 260 g/mol. The average Bonchev–Trinajstić information content (AvgIpc) is 2.47. The molecule has 0 bridgehead atoms. The molecule has 120 valence electrons. The van der Waals surface area contributed by atoms with Crippen molar-refractivity contribution in [2.75, 3.05) is 23.8 Å². The molecule has 0 amide bonds. The number of hydrogen-bond donors (Lipinski definition) is 1. The fourth-order valence-corrected chi connectivity index (χ4v) is 2.76. The molecule has 0 aliphatic rings. The minimum absolute atomic E-state index is 0.537. The molecule has 0 fully saturated rings. The van der Waals surface area contributed by atoms with Gasteiger partial charge in [0.1, 0.15) is 17.5 Å². The van der Waals surface area contributed by atoms with Crippen LogP contribution in [0.25, 0.3) is 0 Å². The van der Waals surface area contributed by atoms with Crippen molar-refractivity contribution in [1.82, 2.24) is 9.97 Å². The van der Waals surface area contributed by atoms with Crippen LogP contribution in [0.1, 0.15) is 58.8 Å². The van der Waals surface area contributed by atoms with Gasteiger partial charge in [0, 0.05) is 31.6 Å². The third kappa shape index (κ3) is 4.32. The number of aryl methyl sites for hydroxylation is 1. The molecule has 0 aliphatic heterocycles. The van der Waals surface area contributed by atoms with E-state index in [4.69, 9.17) is 4.98 Å². The van der Waals surface area contributed by atoms with Gasteiger partial charge in [-0.3, -0.25) is 0 Å². The Bertz CT molecular complexity index is 439. The molecule has 1 aromatic heterocycles. The van der Waals surface area contributed by atoms with Crippen LogP contribution < -0.4 is 10.2 Å². The van der Waals surface area contributed by atoms with Gasteiger partial charge in [0.15, 0.2) is 0 Å². The first-order valence-corrected chi connectivity index (χ1v) is 8.30. The second-order valence-corrected chi connectivity index (χ2v) is 6.06. The number of anilines is 2. The van der Waals surface area contributed by atoms with Gasteiger partial charge < -0.3 is 10.2 Å². The van der Waals surface area contributed by atoms with Crippen LogP contribution >= 0.6 is 0 Å². The summed E-state index contributed by atoms with van der Waals surface area (Å²) in [4.78, 5) is 11.9. The van der Waals surface area contributed by atoms with E-state index in [1.165, 1.54) is 0 Å². The highest BCUT2D eigenvalue weighted by Gasteiger charge is 2.22. The molecule has 0 atom stereocenters. The highest BCUT2D eigenvalue weighted by Crippen LogP contribution is 2.27. The molecule has 21 heavy (non-hydrogen) atoms. The fourth-order valence-electron chi connectivity index (χ4n) is 2.76. The highest BCUT2D eigenvalue weighted by atomic mass is 15.2. The minimum Gasteiger partial charge on any atom is -0.373 e. The standard InChI is InChI=1S/C17H32N4/c1-8-14(9-2)21(11-12(4)5)17-13(6)16(18-7)19-15(10-3)20-17/h12,14H,8-11H2,1-7H3,(H,18,19,20). The maximum absolute atomic E-state index is 4.84. The molecule has 1 rings (SSSR count). The summed E-state index contributed by atoms with van der Waals surface area (Å²) in [6.45, 7) is 14.3. The van der Waals surface area contributed by atoms with E-state index in [9.17, 15) is 0 Å².